The van der Waals surface area contributed by atoms with E-state index < -0.39 is 30.3 Å². The summed E-state index contributed by atoms with van der Waals surface area (Å²) < 4.78 is 27.9. The molecule has 0 saturated heterocycles. The molecule has 148 valence electrons. The van der Waals surface area contributed by atoms with Gasteiger partial charge in [0.2, 0.25) is 0 Å². The first kappa shape index (κ1) is 20.9. The van der Waals surface area contributed by atoms with Crippen molar-refractivity contribution in [3.8, 4) is 5.75 Å². The number of amides is 1. The third-order valence-electron chi connectivity index (χ3n) is 3.79. The lowest BCUT2D eigenvalue weighted by Gasteiger charge is -2.08. The first-order valence-corrected chi connectivity index (χ1v) is 8.35. The number of methoxy groups -OCH3 is 2. The second-order valence-corrected chi connectivity index (χ2v) is 5.77. The van der Waals surface area contributed by atoms with Crippen molar-refractivity contribution in [3.05, 3.63) is 65.0 Å². The van der Waals surface area contributed by atoms with Gasteiger partial charge in [0.15, 0.2) is 18.2 Å². The van der Waals surface area contributed by atoms with E-state index in [1.54, 1.807) is 30.3 Å². The van der Waals surface area contributed by atoms with Gasteiger partial charge in [-0.1, -0.05) is 18.2 Å². The Labute approximate surface area is 161 Å². The monoisotopic (exact) mass is 389 g/mol. The molecule has 0 aliphatic carbocycles. The van der Waals surface area contributed by atoms with Crippen LogP contribution in [0.3, 0.4) is 0 Å². The van der Waals surface area contributed by atoms with Crippen LogP contribution in [0.4, 0.5) is 4.39 Å². The van der Waals surface area contributed by atoms with Gasteiger partial charge in [-0.05, 0) is 35.4 Å². The Morgan fingerprint density at radius 3 is 2.29 bits per heavy atom. The topological polar surface area (TPSA) is 90.9 Å². The zero-order valence-corrected chi connectivity index (χ0v) is 15.5. The highest BCUT2D eigenvalue weighted by molar-refractivity contribution is 5.89. The highest BCUT2D eigenvalue weighted by atomic mass is 19.1. The van der Waals surface area contributed by atoms with Gasteiger partial charge in [-0.3, -0.25) is 9.59 Å². The quantitative estimate of drug-likeness (QED) is 0.695. The highest BCUT2D eigenvalue weighted by Gasteiger charge is 2.11. The van der Waals surface area contributed by atoms with Gasteiger partial charge in [0, 0.05) is 6.54 Å². The molecule has 2 rings (SSSR count). The molecule has 0 spiro atoms. The lowest BCUT2D eigenvalue weighted by atomic mass is 10.1. The number of nitrogens with one attached hydrogen (secondary N) is 1. The summed E-state index contributed by atoms with van der Waals surface area (Å²) in [6.45, 7) is -0.237. The maximum absolute atomic E-state index is 13.6. The predicted molar refractivity (Wildman–Crippen MR) is 97.2 cm³/mol. The van der Waals surface area contributed by atoms with Crippen LogP contribution in [0.1, 0.15) is 21.5 Å². The van der Waals surface area contributed by atoms with Crippen LogP contribution in [0.25, 0.3) is 0 Å². The number of esters is 2. The minimum Gasteiger partial charge on any atom is -0.494 e. The summed E-state index contributed by atoms with van der Waals surface area (Å²) in [6, 6.07) is 10.7. The SMILES string of the molecule is COC(=O)c1ccc(CNC(=O)COC(=O)Cc2ccc(OC)c(F)c2)cc1. The highest BCUT2D eigenvalue weighted by Crippen LogP contribution is 2.18. The van der Waals surface area contributed by atoms with Crippen LogP contribution >= 0.6 is 0 Å². The van der Waals surface area contributed by atoms with Crippen LogP contribution < -0.4 is 10.1 Å². The van der Waals surface area contributed by atoms with Crippen molar-refractivity contribution in [1.82, 2.24) is 5.32 Å². The van der Waals surface area contributed by atoms with E-state index in [0.29, 0.717) is 11.1 Å². The van der Waals surface area contributed by atoms with Gasteiger partial charge < -0.3 is 19.5 Å². The molecule has 0 aliphatic rings. The molecule has 8 heteroatoms. The first-order valence-electron chi connectivity index (χ1n) is 8.35. The fourth-order valence-corrected chi connectivity index (χ4v) is 2.31. The van der Waals surface area contributed by atoms with Crippen LogP contribution in [0.15, 0.2) is 42.5 Å². The number of rotatable bonds is 8. The smallest absolute Gasteiger partial charge is 0.337 e. The molecule has 0 radical (unpaired) electrons. The van der Waals surface area contributed by atoms with Crippen molar-refractivity contribution in [2.45, 2.75) is 13.0 Å². The second-order valence-electron chi connectivity index (χ2n) is 5.77. The van der Waals surface area contributed by atoms with Crippen molar-refractivity contribution in [2.24, 2.45) is 0 Å². The molecule has 0 fully saturated rings. The van der Waals surface area contributed by atoms with Gasteiger partial charge in [0.25, 0.3) is 5.91 Å². The van der Waals surface area contributed by atoms with Crippen molar-refractivity contribution in [2.75, 3.05) is 20.8 Å². The number of hydrogen-bond donors (Lipinski definition) is 1. The molecule has 1 N–H and O–H groups in total. The Balaban J connectivity index is 1.75. The van der Waals surface area contributed by atoms with E-state index in [0.717, 1.165) is 5.56 Å². The van der Waals surface area contributed by atoms with Crippen LogP contribution in [0.5, 0.6) is 5.75 Å². The standard InChI is InChI=1S/C20H20FNO6/c1-26-17-8-5-14(9-16(17)21)10-19(24)28-12-18(23)22-11-13-3-6-15(7-4-13)20(25)27-2/h3-9H,10-12H2,1-2H3,(H,22,23). The Morgan fingerprint density at radius 2 is 1.68 bits per heavy atom. The molecular formula is C20H20FNO6. The van der Waals surface area contributed by atoms with E-state index in [-0.39, 0.29) is 18.7 Å². The van der Waals surface area contributed by atoms with Crippen LogP contribution in [-0.4, -0.2) is 38.7 Å². The number of carbonyl (C=O) groups is 3. The molecule has 28 heavy (non-hydrogen) atoms. The van der Waals surface area contributed by atoms with Gasteiger partial charge in [-0.15, -0.1) is 0 Å². The van der Waals surface area contributed by atoms with Gasteiger partial charge in [0.1, 0.15) is 0 Å². The minimum atomic E-state index is -0.651. The fraction of sp³-hybridized carbons (Fsp3) is 0.250. The minimum absolute atomic E-state index is 0.0797. The summed E-state index contributed by atoms with van der Waals surface area (Å²) >= 11 is 0. The predicted octanol–water partition coefficient (Wildman–Crippen LogP) is 2.02. The molecule has 0 aliphatic heterocycles. The third-order valence-corrected chi connectivity index (χ3v) is 3.79. The summed E-state index contributed by atoms with van der Waals surface area (Å²) in [4.78, 5) is 34.9. The van der Waals surface area contributed by atoms with Crippen LogP contribution in [-0.2, 0) is 32.0 Å². The van der Waals surface area contributed by atoms with Gasteiger partial charge in [-0.25, -0.2) is 9.18 Å². The molecule has 0 saturated carbocycles. The summed E-state index contributed by atoms with van der Waals surface area (Å²) in [5.74, 6) is -2.08. The summed E-state index contributed by atoms with van der Waals surface area (Å²) in [6.07, 6.45) is -0.164. The second kappa shape index (κ2) is 10.1. The molecule has 7 nitrogen and oxygen atoms in total. The average Bonchev–Trinajstić information content (AvgIpc) is 2.70. The lowest BCUT2D eigenvalue weighted by Crippen LogP contribution is -2.28. The third kappa shape index (κ3) is 6.08. The molecule has 0 aromatic heterocycles. The number of halogens is 1. The van der Waals surface area contributed by atoms with Crippen molar-refractivity contribution in [1.29, 1.82) is 0 Å². The van der Waals surface area contributed by atoms with E-state index in [9.17, 15) is 18.8 Å². The van der Waals surface area contributed by atoms with E-state index >= 15 is 0 Å². The van der Waals surface area contributed by atoms with Crippen molar-refractivity contribution < 1.29 is 33.0 Å². The molecule has 1 amide bonds. The van der Waals surface area contributed by atoms with E-state index in [4.69, 9.17) is 9.47 Å². The summed E-state index contributed by atoms with van der Waals surface area (Å²) in [5, 5.41) is 2.60. The zero-order valence-electron chi connectivity index (χ0n) is 15.5. The van der Waals surface area contributed by atoms with Crippen molar-refractivity contribution in [3.63, 3.8) is 0 Å². The van der Waals surface area contributed by atoms with Crippen LogP contribution in [0, 0.1) is 5.82 Å². The van der Waals surface area contributed by atoms with Crippen LogP contribution in [0.2, 0.25) is 0 Å². The number of carbonyl (C=O) groups excluding carboxylic acids is 3. The zero-order chi connectivity index (χ0) is 20.5. The first-order chi connectivity index (χ1) is 13.4. The molecule has 2 aromatic carbocycles. The summed E-state index contributed by atoms with van der Waals surface area (Å²) in [5.41, 5.74) is 1.58. The Bertz CT molecular complexity index is 850. The average molecular weight is 389 g/mol. The molecule has 0 atom stereocenters. The molecular weight excluding hydrogens is 369 g/mol. The fourth-order valence-electron chi connectivity index (χ4n) is 2.31. The van der Waals surface area contributed by atoms with E-state index in [2.05, 4.69) is 10.1 Å². The van der Waals surface area contributed by atoms with Crippen molar-refractivity contribution >= 4 is 17.8 Å². The lowest BCUT2D eigenvalue weighted by molar-refractivity contribution is -0.147. The molecule has 0 bridgehead atoms. The normalized spacial score (nSPS) is 10.1. The molecule has 2 aromatic rings. The van der Waals surface area contributed by atoms with E-state index in [1.807, 2.05) is 0 Å². The summed E-state index contributed by atoms with van der Waals surface area (Å²) in [7, 11) is 2.64. The number of ether oxygens (including phenoxy) is 3. The largest absolute Gasteiger partial charge is 0.494 e. The molecule has 0 heterocycles. The Morgan fingerprint density at radius 1 is 1.00 bits per heavy atom. The maximum Gasteiger partial charge on any atom is 0.337 e. The molecule has 0 unspecified atom stereocenters. The Hall–Kier alpha value is -3.42. The van der Waals surface area contributed by atoms with Gasteiger partial charge in [-0.2, -0.15) is 0 Å². The van der Waals surface area contributed by atoms with Gasteiger partial charge in [0.05, 0.1) is 26.2 Å². The maximum atomic E-state index is 13.6. The van der Waals surface area contributed by atoms with E-state index in [1.165, 1.54) is 26.4 Å². The number of hydrogen-bond acceptors (Lipinski definition) is 6. The number of benzene rings is 2. The van der Waals surface area contributed by atoms with Gasteiger partial charge >= 0.3 is 11.9 Å². The Kier molecular flexibility index (Phi) is 7.50.